The van der Waals surface area contributed by atoms with Crippen molar-refractivity contribution in [2.45, 2.75) is 19.8 Å². The fourth-order valence-electron chi connectivity index (χ4n) is 2.39. The van der Waals surface area contributed by atoms with E-state index in [1.807, 2.05) is 48.8 Å². The summed E-state index contributed by atoms with van der Waals surface area (Å²) in [6, 6.07) is 7.57. The van der Waals surface area contributed by atoms with Crippen molar-refractivity contribution in [3.63, 3.8) is 0 Å². The zero-order chi connectivity index (χ0) is 15.5. The van der Waals surface area contributed by atoms with E-state index in [0.29, 0.717) is 18.7 Å². The van der Waals surface area contributed by atoms with Gasteiger partial charge < -0.3 is 5.32 Å². The van der Waals surface area contributed by atoms with E-state index in [0.717, 1.165) is 23.6 Å². The molecule has 0 atom stereocenters. The van der Waals surface area contributed by atoms with Gasteiger partial charge >= 0.3 is 0 Å². The SMILES string of the molecule is CCc1cc(C(=O)NCCc2nnc3ccccn23)nn1C. The maximum atomic E-state index is 12.1. The molecule has 3 rings (SSSR count). The minimum atomic E-state index is -0.163. The summed E-state index contributed by atoms with van der Waals surface area (Å²) in [7, 11) is 1.85. The van der Waals surface area contributed by atoms with Crippen molar-refractivity contribution in [1.82, 2.24) is 29.7 Å². The molecule has 3 aromatic heterocycles. The minimum absolute atomic E-state index is 0.163. The average molecular weight is 298 g/mol. The lowest BCUT2D eigenvalue weighted by atomic mass is 10.3. The van der Waals surface area contributed by atoms with Crippen molar-refractivity contribution >= 4 is 11.6 Å². The van der Waals surface area contributed by atoms with Crippen LogP contribution in [0.25, 0.3) is 5.65 Å². The molecule has 0 spiro atoms. The predicted octanol–water partition coefficient (Wildman–Crippen LogP) is 0.998. The van der Waals surface area contributed by atoms with Crippen molar-refractivity contribution in [1.29, 1.82) is 0 Å². The Labute approximate surface area is 128 Å². The van der Waals surface area contributed by atoms with Gasteiger partial charge in [-0.2, -0.15) is 5.10 Å². The Morgan fingerprint density at radius 1 is 1.32 bits per heavy atom. The van der Waals surface area contributed by atoms with Gasteiger partial charge in [0.2, 0.25) is 0 Å². The lowest BCUT2D eigenvalue weighted by Crippen LogP contribution is -2.26. The maximum absolute atomic E-state index is 12.1. The van der Waals surface area contributed by atoms with Gasteiger partial charge in [0.25, 0.3) is 5.91 Å². The molecule has 0 aliphatic heterocycles. The zero-order valence-corrected chi connectivity index (χ0v) is 12.7. The van der Waals surface area contributed by atoms with Crippen LogP contribution in [-0.2, 0) is 19.9 Å². The highest BCUT2D eigenvalue weighted by Crippen LogP contribution is 2.05. The van der Waals surface area contributed by atoms with Gasteiger partial charge in [-0.25, -0.2) is 0 Å². The molecule has 0 aromatic carbocycles. The number of aryl methyl sites for hydroxylation is 2. The van der Waals surface area contributed by atoms with E-state index >= 15 is 0 Å². The molecule has 0 unspecified atom stereocenters. The van der Waals surface area contributed by atoms with Crippen molar-refractivity contribution in [3.05, 3.63) is 47.7 Å². The second kappa shape index (κ2) is 5.97. The first-order chi connectivity index (χ1) is 10.7. The highest BCUT2D eigenvalue weighted by molar-refractivity contribution is 5.92. The van der Waals surface area contributed by atoms with Crippen LogP contribution in [0, 0.1) is 0 Å². The Kier molecular flexibility index (Phi) is 3.86. The molecule has 0 radical (unpaired) electrons. The molecule has 114 valence electrons. The fourth-order valence-corrected chi connectivity index (χ4v) is 2.39. The molecule has 3 heterocycles. The van der Waals surface area contributed by atoms with E-state index in [2.05, 4.69) is 20.6 Å². The summed E-state index contributed by atoms with van der Waals surface area (Å²) in [5, 5.41) is 15.3. The highest BCUT2D eigenvalue weighted by atomic mass is 16.1. The maximum Gasteiger partial charge on any atom is 0.271 e. The Balaban J connectivity index is 1.61. The van der Waals surface area contributed by atoms with E-state index in [-0.39, 0.29) is 5.91 Å². The van der Waals surface area contributed by atoms with E-state index in [1.54, 1.807) is 4.68 Å². The van der Waals surface area contributed by atoms with Crippen molar-refractivity contribution in [2.75, 3.05) is 6.54 Å². The molecule has 7 heteroatoms. The van der Waals surface area contributed by atoms with E-state index in [4.69, 9.17) is 0 Å². The number of rotatable bonds is 5. The number of pyridine rings is 1. The number of hydrogen-bond donors (Lipinski definition) is 1. The summed E-state index contributed by atoms with van der Waals surface area (Å²) >= 11 is 0. The van der Waals surface area contributed by atoms with Crippen molar-refractivity contribution < 1.29 is 4.79 Å². The van der Waals surface area contributed by atoms with Gasteiger partial charge in [-0.15, -0.1) is 10.2 Å². The fraction of sp³-hybridized carbons (Fsp3) is 0.333. The number of hydrogen-bond acceptors (Lipinski definition) is 4. The first-order valence-corrected chi connectivity index (χ1v) is 7.28. The highest BCUT2D eigenvalue weighted by Gasteiger charge is 2.12. The topological polar surface area (TPSA) is 77.1 Å². The standard InChI is InChI=1S/C15H18N6O/c1-3-11-10-12(19-20(11)2)15(22)16-8-7-14-18-17-13-6-4-5-9-21(13)14/h4-6,9-10H,3,7-8H2,1-2H3,(H,16,22). The first-order valence-electron chi connectivity index (χ1n) is 7.28. The van der Waals surface area contributed by atoms with Gasteiger partial charge in [-0.1, -0.05) is 13.0 Å². The molecule has 1 N–H and O–H groups in total. The van der Waals surface area contributed by atoms with Gasteiger partial charge in [-0.3, -0.25) is 13.9 Å². The van der Waals surface area contributed by atoms with Crippen LogP contribution in [0.1, 0.15) is 28.9 Å². The van der Waals surface area contributed by atoms with Crippen LogP contribution in [0.5, 0.6) is 0 Å². The monoisotopic (exact) mass is 298 g/mol. The predicted molar refractivity (Wildman–Crippen MR) is 81.6 cm³/mol. The number of aromatic nitrogens is 5. The summed E-state index contributed by atoms with van der Waals surface area (Å²) in [6.07, 6.45) is 3.38. The lowest BCUT2D eigenvalue weighted by Gasteiger charge is -2.02. The zero-order valence-electron chi connectivity index (χ0n) is 12.7. The molecule has 3 aromatic rings. The first kappa shape index (κ1) is 14.2. The molecule has 0 aliphatic rings. The van der Waals surface area contributed by atoms with Crippen LogP contribution in [0.3, 0.4) is 0 Å². The molecule has 0 aliphatic carbocycles. The number of carbonyl (C=O) groups excluding carboxylic acids is 1. The Morgan fingerprint density at radius 2 is 2.18 bits per heavy atom. The molecule has 0 fully saturated rings. The van der Waals surface area contributed by atoms with Crippen LogP contribution >= 0.6 is 0 Å². The number of carbonyl (C=O) groups is 1. The van der Waals surface area contributed by atoms with Gasteiger partial charge in [0, 0.05) is 31.9 Å². The number of nitrogens with zero attached hydrogens (tertiary/aromatic N) is 5. The average Bonchev–Trinajstić information content (AvgIpc) is 3.11. The molecule has 22 heavy (non-hydrogen) atoms. The van der Waals surface area contributed by atoms with Crippen molar-refractivity contribution in [3.8, 4) is 0 Å². The van der Waals surface area contributed by atoms with Crippen LogP contribution in [0.15, 0.2) is 30.5 Å². The van der Waals surface area contributed by atoms with Gasteiger partial charge in [-0.05, 0) is 24.6 Å². The summed E-state index contributed by atoms with van der Waals surface area (Å²) in [4.78, 5) is 12.1. The largest absolute Gasteiger partial charge is 0.350 e. The molecule has 1 amide bonds. The Morgan fingerprint density at radius 3 is 2.95 bits per heavy atom. The molecular formula is C15H18N6O. The van der Waals surface area contributed by atoms with Crippen LogP contribution in [0.2, 0.25) is 0 Å². The quantitative estimate of drug-likeness (QED) is 0.762. The molecule has 0 saturated carbocycles. The summed E-state index contributed by atoms with van der Waals surface area (Å²) in [6.45, 7) is 2.53. The minimum Gasteiger partial charge on any atom is -0.350 e. The van der Waals surface area contributed by atoms with Crippen molar-refractivity contribution in [2.24, 2.45) is 7.05 Å². The summed E-state index contributed by atoms with van der Waals surface area (Å²) in [5.41, 5.74) is 2.29. The molecular weight excluding hydrogens is 280 g/mol. The smallest absolute Gasteiger partial charge is 0.271 e. The third-order valence-corrected chi connectivity index (χ3v) is 3.59. The summed E-state index contributed by atoms with van der Waals surface area (Å²) in [5.74, 6) is 0.662. The molecule has 7 nitrogen and oxygen atoms in total. The van der Waals surface area contributed by atoms with Crippen LogP contribution < -0.4 is 5.32 Å². The third kappa shape index (κ3) is 2.69. The summed E-state index contributed by atoms with van der Waals surface area (Å²) < 4.78 is 3.66. The number of nitrogens with one attached hydrogen (secondary N) is 1. The molecule has 0 bridgehead atoms. The van der Waals surface area contributed by atoms with Gasteiger partial charge in [0.05, 0.1) is 0 Å². The van der Waals surface area contributed by atoms with Gasteiger partial charge in [0.1, 0.15) is 11.5 Å². The van der Waals surface area contributed by atoms with Crippen LogP contribution in [0.4, 0.5) is 0 Å². The van der Waals surface area contributed by atoms with Crippen LogP contribution in [-0.4, -0.2) is 36.8 Å². The lowest BCUT2D eigenvalue weighted by molar-refractivity contribution is 0.0948. The van der Waals surface area contributed by atoms with E-state index in [1.165, 1.54) is 0 Å². The van der Waals surface area contributed by atoms with E-state index in [9.17, 15) is 4.79 Å². The molecule has 0 saturated heterocycles. The third-order valence-electron chi connectivity index (χ3n) is 3.59. The number of fused-ring (bicyclic) bond motifs is 1. The Hall–Kier alpha value is -2.70. The Bertz CT molecular complexity index is 803. The normalized spacial score (nSPS) is 11.0. The van der Waals surface area contributed by atoms with E-state index < -0.39 is 0 Å². The second-order valence-electron chi connectivity index (χ2n) is 5.05. The van der Waals surface area contributed by atoms with Gasteiger partial charge in [0.15, 0.2) is 5.65 Å². The second-order valence-corrected chi connectivity index (χ2v) is 5.05. The number of amides is 1.